The van der Waals surface area contributed by atoms with Crippen molar-refractivity contribution in [1.82, 2.24) is 0 Å². The van der Waals surface area contributed by atoms with Gasteiger partial charge in [-0.15, -0.1) is 0 Å². The predicted octanol–water partition coefficient (Wildman–Crippen LogP) is 9.46. The molecule has 0 radical (unpaired) electrons. The Morgan fingerprint density at radius 2 is 1.22 bits per heavy atom. The Bertz CT molecular complexity index is 1280. The molecule has 0 aliphatic heterocycles. The number of halogens is 2. The summed E-state index contributed by atoms with van der Waals surface area (Å²) in [6, 6.07) is 34.6. The zero-order chi connectivity index (χ0) is 22.1. The molecule has 0 saturated heterocycles. The molecule has 0 heterocycles. The third-order valence-electron chi connectivity index (χ3n) is 6.28. The Kier molecular flexibility index (Phi) is 6.52. The van der Waals surface area contributed by atoms with E-state index in [1.54, 1.807) is 0 Å². The van der Waals surface area contributed by atoms with Crippen LogP contribution < -0.4 is 0 Å². The third-order valence-corrected chi connectivity index (χ3v) is 11.6. The molecular formula is C29H23Cl2Zr. The topological polar surface area (TPSA) is 0 Å². The standard InChI is InChI=1S/C29H23.2ClH.Zr/c1-2-21-19-24-17-18-26(23-13-7-4-8-14-23)29(28(24)20-21)27-16-10-9-15-25(27)22-11-5-3-6-12-22;;;/h3-20H,2H2,1H3;2*1H;/q;;;+2/p-2. The van der Waals surface area contributed by atoms with Crippen molar-refractivity contribution in [3.63, 3.8) is 0 Å². The van der Waals surface area contributed by atoms with Gasteiger partial charge in [-0.25, -0.2) is 0 Å². The quantitative estimate of drug-likeness (QED) is 0.240. The summed E-state index contributed by atoms with van der Waals surface area (Å²) >= 11 is -2.54. The van der Waals surface area contributed by atoms with Crippen LogP contribution >= 0.6 is 17.0 Å². The van der Waals surface area contributed by atoms with E-state index in [1.165, 1.54) is 50.1 Å². The van der Waals surface area contributed by atoms with Crippen molar-refractivity contribution in [2.45, 2.75) is 17.0 Å². The molecule has 157 valence electrons. The van der Waals surface area contributed by atoms with Crippen LogP contribution in [0, 0.1) is 0 Å². The van der Waals surface area contributed by atoms with Crippen LogP contribution in [0.25, 0.3) is 39.5 Å². The molecule has 3 heteroatoms. The summed E-state index contributed by atoms with van der Waals surface area (Å²) in [5.74, 6) is 0. The van der Waals surface area contributed by atoms with Crippen molar-refractivity contribution in [2.24, 2.45) is 0 Å². The molecule has 0 nitrogen and oxygen atoms in total. The number of hydrogen-bond acceptors (Lipinski definition) is 0. The van der Waals surface area contributed by atoms with Gasteiger partial charge in [0.2, 0.25) is 0 Å². The molecule has 0 aromatic heterocycles. The van der Waals surface area contributed by atoms with Crippen LogP contribution in [0.4, 0.5) is 0 Å². The maximum atomic E-state index is 6.69. The van der Waals surface area contributed by atoms with Crippen molar-refractivity contribution in [3.8, 4) is 33.4 Å². The van der Waals surface area contributed by atoms with Crippen molar-refractivity contribution >= 4 is 23.1 Å². The van der Waals surface area contributed by atoms with E-state index in [2.05, 4.69) is 110 Å². The van der Waals surface area contributed by atoms with E-state index in [-0.39, 0.29) is 3.63 Å². The van der Waals surface area contributed by atoms with Gasteiger partial charge in [-0.05, 0) is 0 Å². The van der Waals surface area contributed by atoms with Crippen molar-refractivity contribution in [1.29, 1.82) is 0 Å². The van der Waals surface area contributed by atoms with E-state index in [4.69, 9.17) is 17.0 Å². The van der Waals surface area contributed by atoms with E-state index in [1.807, 2.05) is 0 Å². The molecule has 4 aromatic rings. The molecule has 0 fully saturated rings. The SMILES string of the molecule is CCC1=Cc2c(ccc(-c3ccccc3)c2-c2ccccc2-c2ccccc2)[CH]1[Zr]([Cl])[Cl]. The van der Waals surface area contributed by atoms with E-state index in [0.717, 1.165) is 6.42 Å². The normalized spacial score (nSPS) is 14.7. The number of rotatable bonds is 5. The van der Waals surface area contributed by atoms with Gasteiger partial charge in [-0.3, -0.25) is 0 Å². The van der Waals surface area contributed by atoms with Gasteiger partial charge >= 0.3 is 207 Å². The molecule has 1 aliphatic carbocycles. The van der Waals surface area contributed by atoms with Crippen LogP contribution in [0.1, 0.15) is 28.1 Å². The first kappa shape index (κ1) is 21.9. The van der Waals surface area contributed by atoms with Crippen LogP contribution in [-0.2, 0) is 19.4 Å². The second-order valence-corrected chi connectivity index (χ2v) is 16.9. The Balaban J connectivity index is 1.84. The summed E-state index contributed by atoms with van der Waals surface area (Å²) in [5, 5.41) is 0. The summed E-state index contributed by atoms with van der Waals surface area (Å²) in [4.78, 5) is 0. The predicted molar refractivity (Wildman–Crippen MR) is 135 cm³/mol. The summed E-state index contributed by atoms with van der Waals surface area (Å²) in [6.07, 6.45) is 3.35. The summed E-state index contributed by atoms with van der Waals surface area (Å²) in [6.45, 7) is 2.21. The minimum atomic E-state index is -2.54. The summed E-state index contributed by atoms with van der Waals surface area (Å²) < 4.78 is 0.230. The second-order valence-electron chi connectivity index (χ2n) is 8.06. The summed E-state index contributed by atoms with van der Waals surface area (Å²) in [5.41, 5.74) is 11.4. The fourth-order valence-electron chi connectivity index (χ4n) is 4.79. The first-order chi connectivity index (χ1) is 15.7. The van der Waals surface area contributed by atoms with Gasteiger partial charge in [0, 0.05) is 0 Å². The van der Waals surface area contributed by atoms with E-state index in [9.17, 15) is 0 Å². The fourth-order valence-corrected chi connectivity index (χ4v) is 10.4. The Morgan fingerprint density at radius 3 is 1.81 bits per heavy atom. The second kappa shape index (κ2) is 9.52. The van der Waals surface area contributed by atoms with E-state index in [0.29, 0.717) is 0 Å². The molecule has 32 heavy (non-hydrogen) atoms. The molecule has 1 unspecified atom stereocenters. The number of fused-ring (bicyclic) bond motifs is 1. The van der Waals surface area contributed by atoms with E-state index >= 15 is 0 Å². The van der Waals surface area contributed by atoms with Crippen molar-refractivity contribution < 1.29 is 19.4 Å². The zero-order valence-electron chi connectivity index (χ0n) is 17.9. The number of benzene rings is 4. The van der Waals surface area contributed by atoms with Crippen LogP contribution in [-0.4, -0.2) is 0 Å². The maximum absolute atomic E-state index is 6.69. The Morgan fingerprint density at radius 1 is 0.656 bits per heavy atom. The van der Waals surface area contributed by atoms with Crippen molar-refractivity contribution in [3.05, 3.63) is 114 Å². The first-order valence-corrected chi connectivity index (χ1v) is 18.7. The molecular weight excluding hydrogens is 510 g/mol. The molecule has 4 aromatic carbocycles. The molecule has 0 N–H and O–H groups in total. The van der Waals surface area contributed by atoms with Gasteiger partial charge in [0.25, 0.3) is 0 Å². The fraction of sp³-hybridized carbons (Fsp3) is 0.103. The van der Waals surface area contributed by atoms with Crippen LogP contribution in [0.5, 0.6) is 0 Å². The number of allylic oxidation sites excluding steroid dienone is 1. The van der Waals surface area contributed by atoms with E-state index < -0.39 is 19.4 Å². The monoisotopic (exact) mass is 531 g/mol. The van der Waals surface area contributed by atoms with Crippen LogP contribution in [0.2, 0.25) is 0 Å². The molecule has 1 aliphatic rings. The third kappa shape index (κ3) is 3.96. The molecule has 0 saturated carbocycles. The van der Waals surface area contributed by atoms with Gasteiger partial charge in [0.05, 0.1) is 0 Å². The Hall–Kier alpha value is -1.92. The average molecular weight is 534 g/mol. The molecule has 0 bridgehead atoms. The Labute approximate surface area is 205 Å². The van der Waals surface area contributed by atoms with Crippen LogP contribution in [0.3, 0.4) is 0 Å². The first-order valence-electron chi connectivity index (χ1n) is 10.9. The van der Waals surface area contributed by atoms with Gasteiger partial charge in [-0.1, -0.05) is 0 Å². The van der Waals surface area contributed by atoms with Gasteiger partial charge < -0.3 is 0 Å². The van der Waals surface area contributed by atoms with Gasteiger partial charge in [0.1, 0.15) is 0 Å². The van der Waals surface area contributed by atoms with Crippen molar-refractivity contribution in [2.75, 3.05) is 0 Å². The number of hydrogen-bond donors (Lipinski definition) is 0. The molecule has 5 rings (SSSR count). The average Bonchev–Trinajstić information content (AvgIpc) is 3.24. The molecule has 0 amide bonds. The molecule has 0 spiro atoms. The summed E-state index contributed by atoms with van der Waals surface area (Å²) in [7, 11) is 13.4. The zero-order valence-corrected chi connectivity index (χ0v) is 21.8. The van der Waals surface area contributed by atoms with Crippen LogP contribution in [0.15, 0.2) is 103 Å². The van der Waals surface area contributed by atoms with Gasteiger partial charge in [0.15, 0.2) is 0 Å². The van der Waals surface area contributed by atoms with Gasteiger partial charge in [-0.2, -0.15) is 0 Å². The molecule has 1 atom stereocenters. The minimum absolute atomic E-state index is 0.230.